The summed E-state index contributed by atoms with van der Waals surface area (Å²) in [6, 6.07) is 8.31. The second-order valence-corrected chi connectivity index (χ2v) is 6.28. The van der Waals surface area contributed by atoms with Crippen LogP contribution in [0.5, 0.6) is 0 Å². The zero-order valence-electron chi connectivity index (χ0n) is 14.7. The molecule has 7 nitrogen and oxygen atoms in total. The van der Waals surface area contributed by atoms with Crippen LogP contribution in [-0.4, -0.2) is 42.6 Å². The summed E-state index contributed by atoms with van der Waals surface area (Å²) in [7, 11) is 0. The molecule has 136 valence electrons. The first-order chi connectivity index (χ1) is 11.9. The Hall–Kier alpha value is -2.41. The van der Waals surface area contributed by atoms with E-state index in [1.54, 1.807) is 19.1 Å². The van der Waals surface area contributed by atoms with Gasteiger partial charge in [-0.2, -0.15) is 0 Å². The molecule has 1 aliphatic rings. The van der Waals surface area contributed by atoms with E-state index in [1.807, 2.05) is 32.0 Å². The number of carbonyl (C=O) groups is 3. The van der Waals surface area contributed by atoms with Crippen LogP contribution in [-0.2, 0) is 23.9 Å². The molecule has 0 radical (unpaired) electrons. The maximum atomic E-state index is 12.5. The molecule has 0 saturated carbocycles. The lowest BCUT2D eigenvalue weighted by Crippen LogP contribution is -2.46. The number of epoxide rings is 1. The van der Waals surface area contributed by atoms with Gasteiger partial charge in [-0.15, -0.1) is 0 Å². The van der Waals surface area contributed by atoms with Gasteiger partial charge in [-0.1, -0.05) is 32.0 Å². The summed E-state index contributed by atoms with van der Waals surface area (Å²) in [5, 5.41) is 5.45. The average molecular weight is 348 g/mol. The summed E-state index contributed by atoms with van der Waals surface area (Å²) < 4.78 is 9.90. The zero-order valence-corrected chi connectivity index (χ0v) is 14.7. The van der Waals surface area contributed by atoms with Crippen LogP contribution in [0.25, 0.3) is 0 Å². The van der Waals surface area contributed by atoms with Gasteiger partial charge in [0.2, 0.25) is 5.91 Å². The van der Waals surface area contributed by atoms with E-state index in [1.165, 1.54) is 0 Å². The molecule has 0 spiro atoms. The summed E-state index contributed by atoms with van der Waals surface area (Å²) in [5.41, 5.74) is 0.655. The number of anilines is 1. The standard InChI is InChI=1S/C18H24N2O5/c1-4-24-18(23)15-14(25-15)17(22)20-13(10-11(2)3)16(21)19-12-8-6-5-7-9-12/h5-9,11,13-15H,4,10H2,1-3H3,(H,19,21)(H,20,22)/t13-,14-,15-/m0/s1. The van der Waals surface area contributed by atoms with Crippen molar-refractivity contribution < 1.29 is 23.9 Å². The first-order valence-corrected chi connectivity index (χ1v) is 8.40. The third kappa shape index (κ3) is 5.56. The molecule has 2 amide bonds. The van der Waals surface area contributed by atoms with Crippen molar-refractivity contribution in [3.63, 3.8) is 0 Å². The van der Waals surface area contributed by atoms with E-state index in [0.29, 0.717) is 12.1 Å². The highest BCUT2D eigenvalue weighted by Crippen LogP contribution is 2.24. The molecule has 1 aromatic rings. The molecule has 1 aromatic carbocycles. The van der Waals surface area contributed by atoms with Crippen LogP contribution in [0, 0.1) is 5.92 Å². The number of para-hydroxylation sites is 1. The predicted molar refractivity (Wildman–Crippen MR) is 91.8 cm³/mol. The van der Waals surface area contributed by atoms with Gasteiger partial charge in [-0.25, -0.2) is 4.79 Å². The van der Waals surface area contributed by atoms with Gasteiger partial charge < -0.3 is 20.1 Å². The van der Waals surface area contributed by atoms with Crippen LogP contribution < -0.4 is 10.6 Å². The molecule has 1 aliphatic heterocycles. The topological polar surface area (TPSA) is 97.0 Å². The Morgan fingerprint density at radius 2 is 1.84 bits per heavy atom. The third-order valence-corrected chi connectivity index (χ3v) is 3.65. The molecule has 0 unspecified atom stereocenters. The van der Waals surface area contributed by atoms with Crippen molar-refractivity contribution in [2.24, 2.45) is 5.92 Å². The van der Waals surface area contributed by atoms with Gasteiger partial charge in [0.15, 0.2) is 12.2 Å². The lowest BCUT2D eigenvalue weighted by atomic mass is 10.0. The smallest absolute Gasteiger partial charge is 0.338 e. The molecule has 1 fully saturated rings. The number of nitrogens with one attached hydrogen (secondary N) is 2. The van der Waals surface area contributed by atoms with E-state index in [4.69, 9.17) is 9.47 Å². The molecule has 2 N–H and O–H groups in total. The second kappa shape index (κ2) is 8.62. The van der Waals surface area contributed by atoms with E-state index in [0.717, 1.165) is 0 Å². The number of carbonyl (C=O) groups excluding carboxylic acids is 3. The van der Waals surface area contributed by atoms with E-state index >= 15 is 0 Å². The molecule has 2 rings (SSSR count). The van der Waals surface area contributed by atoms with Gasteiger partial charge in [-0.3, -0.25) is 9.59 Å². The Bertz CT molecular complexity index is 617. The Kier molecular flexibility index (Phi) is 6.52. The lowest BCUT2D eigenvalue weighted by molar-refractivity contribution is -0.144. The minimum atomic E-state index is -0.891. The molecule has 0 bridgehead atoms. The minimum Gasteiger partial charge on any atom is -0.464 e. The normalized spacial score (nSPS) is 19.8. The summed E-state index contributed by atoms with van der Waals surface area (Å²) >= 11 is 0. The number of hydrogen-bond donors (Lipinski definition) is 2. The summed E-state index contributed by atoms with van der Waals surface area (Å²) in [6.45, 7) is 5.83. The Balaban J connectivity index is 1.94. The zero-order chi connectivity index (χ0) is 18.4. The number of esters is 1. The Morgan fingerprint density at radius 3 is 2.44 bits per heavy atom. The molecule has 1 heterocycles. The van der Waals surface area contributed by atoms with Crippen molar-refractivity contribution in [1.82, 2.24) is 5.32 Å². The van der Waals surface area contributed by atoms with Crippen LogP contribution in [0.3, 0.4) is 0 Å². The van der Waals surface area contributed by atoms with Crippen LogP contribution in [0.2, 0.25) is 0 Å². The van der Waals surface area contributed by atoms with E-state index < -0.39 is 30.1 Å². The number of amides is 2. The maximum Gasteiger partial charge on any atom is 0.338 e. The van der Waals surface area contributed by atoms with Gasteiger partial charge >= 0.3 is 5.97 Å². The van der Waals surface area contributed by atoms with Crippen LogP contribution in [0.4, 0.5) is 5.69 Å². The molecule has 3 atom stereocenters. The van der Waals surface area contributed by atoms with Crippen LogP contribution in [0.15, 0.2) is 30.3 Å². The van der Waals surface area contributed by atoms with Crippen molar-refractivity contribution in [3.8, 4) is 0 Å². The Morgan fingerprint density at radius 1 is 1.16 bits per heavy atom. The van der Waals surface area contributed by atoms with Gasteiger partial charge in [0, 0.05) is 5.69 Å². The number of benzene rings is 1. The first-order valence-electron chi connectivity index (χ1n) is 8.40. The molecule has 0 aromatic heterocycles. The first kappa shape index (κ1) is 18.9. The molecule has 25 heavy (non-hydrogen) atoms. The highest BCUT2D eigenvalue weighted by atomic mass is 16.6. The van der Waals surface area contributed by atoms with Gasteiger partial charge in [0.1, 0.15) is 6.04 Å². The monoisotopic (exact) mass is 348 g/mol. The molecule has 0 aliphatic carbocycles. The van der Waals surface area contributed by atoms with Crippen LogP contribution >= 0.6 is 0 Å². The second-order valence-electron chi connectivity index (χ2n) is 6.28. The van der Waals surface area contributed by atoms with Crippen molar-refractivity contribution in [3.05, 3.63) is 30.3 Å². The minimum absolute atomic E-state index is 0.202. The largest absolute Gasteiger partial charge is 0.464 e. The Labute approximate surface area is 147 Å². The predicted octanol–water partition coefficient (Wildman–Crippen LogP) is 1.49. The van der Waals surface area contributed by atoms with Crippen molar-refractivity contribution in [2.75, 3.05) is 11.9 Å². The fourth-order valence-electron chi connectivity index (χ4n) is 2.42. The summed E-state index contributed by atoms with van der Waals surface area (Å²) in [4.78, 5) is 36.3. The molecular formula is C18H24N2O5. The number of hydrogen-bond acceptors (Lipinski definition) is 5. The van der Waals surface area contributed by atoms with E-state index in [2.05, 4.69) is 10.6 Å². The van der Waals surface area contributed by atoms with Crippen molar-refractivity contribution in [2.45, 2.75) is 45.4 Å². The number of rotatable bonds is 8. The molecule has 7 heteroatoms. The highest BCUT2D eigenvalue weighted by Gasteiger charge is 2.52. The third-order valence-electron chi connectivity index (χ3n) is 3.65. The lowest BCUT2D eigenvalue weighted by Gasteiger charge is -2.19. The van der Waals surface area contributed by atoms with Crippen molar-refractivity contribution in [1.29, 1.82) is 0 Å². The quantitative estimate of drug-likeness (QED) is 0.548. The van der Waals surface area contributed by atoms with Crippen LogP contribution in [0.1, 0.15) is 27.2 Å². The number of ether oxygens (including phenoxy) is 2. The molecular weight excluding hydrogens is 324 g/mol. The van der Waals surface area contributed by atoms with E-state index in [9.17, 15) is 14.4 Å². The average Bonchev–Trinajstić information content (AvgIpc) is 3.36. The van der Waals surface area contributed by atoms with Gasteiger partial charge in [0.25, 0.3) is 5.91 Å². The fraction of sp³-hybridized carbons (Fsp3) is 0.500. The van der Waals surface area contributed by atoms with Gasteiger partial charge in [-0.05, 0) is 31.4 Å². The SMILES string of the molecule is CCOC(=O)[C@H]1O[C@@H]1C(=O)N[C@@H](CC(C)C)C(=O)Nc1ccccc1. The van der Waals surface area contributed by atoms with Crippen molar-refractivity contribution >= 4 is 23.5 Å². The summed E-state index contributed by atoms with van der Waals surface area (Å²) in [6.07, 6.45) is -1.30. The van der Waals surface area contributed by atoms with E-state index in [-0.39, 0.29) is 18.4 Å². The molecule has 1 saturated heterocycles. The summed E-state index contributed by atoms with van der Waals surface area (Å²) in [5.74, 6) is -1.14. The van der Waals surface area contributed by atoms with Gasteiger partial charge in [0.05, 0.1) is 6.61 Å². The highest BCUT2D eigenvalue weighted by molar-refractivity contribution is 5.99. The fourth-order valence-corrected chi connectivity index (χ4v) is 2.42. The maximum absolute atomic E-state index is 12.5.